The van der Waals surface area contributed by atoms with Crippen LogP contribution in [0.4, 0.5) is 0 Å². The van der Waals surface area contributed by atoms with Gasteiger partial charge in [0.1, 0.15) is 0 Å². The third-order valence-corrected chi connectivity index (χ3v) is 15.9. The van der Waals surface area contributed by atoms with Crippen LogP contribution in [-0.4, -0.2) is 39.5 Å². The second-order valence-corrected chi connectivity index (χ2v) is 21.5. The molecule has 0 saturated heterocycles. The molecule has 4 aliphatic rings. The molecule has 0 spiro atoms. The van der Waals surface area contributed by atoms with Crippen molar-refractivity contribution in [3.05, 3.63) is 11.6 Å². The van der Waals surface area contributed by atoms with Gasteiger partial charge in [0.15, 0.2) is 0 Å². The number of carboxylic acid groups (broad SMARTS) is 1. The van der Waals surface area contributed by atoms with Crippen LogP contribution in [-0.2, 0) is 34.7 Å². The SMILES string of the molecule is CC(C)CCC[C@@H](C)[C@H]1CCC2C3CC=C4C[C@@H](OCC[S](=O)(=[Pt])CCC(=O)O)CC[C@]4(C)C3CC[C@@]21C. The molecule has 6 heteroatoms. The third-order valence-electron chi connectivity index (χ3n) is 11.6. The third kappa shape index (κ3) is 6.72. The smallest absolute Gasteiger partial charge is 0.0591 e. The van der Waals surface area contributed by atoms with Crippen LogP contribution >= 0.6 is 0 Å². The maximum atomic E-state index is 12.7. The van der Waals surface area contributed by atoms with Gasteiger partial charge < -0.3 is 0 Å². The molecular formula is C32H54O4PtS. The first kappa shape index (κ1) is 31.0. The minimum absolute atomic E-state index is 0.0304. The van der Waals surface area contributed by atoms with Gasteiger partial charge in [-0.25, -0.2) is 0 Å². The van der Waals surface area contributed by atoms with E-state index in [1.54, 1.807) is 5.57 Å². The van der Waals surface area contributed by atoms with Crippen LogP contribution in [0.25, 0.3) is 0 Å². The quantitative estimate of drug-likeness (QED) is 0.210. The molecule has 1 N–H and O–H groups in total. The monoisotopic (exact) mass is 729 g/mol. The van der Waals surface area contributed by atoms with Crippen molar-refractivity contribution in [2.75, 3.05) is 18.1 Å². The molecule has 4 aliphatic carbocycles. The van der Waals surface area contributed by atoms with Gasteiger partial charge in [-0.3, -0.25) is 0 Å². The molecule has 0 aliphatic heterocycles. The predicted octanol–water partition coefficient (Wildman–Crippen LogP) is 7.63. The van der Waals surface area contributed by atoms with Crippen LogP contribution in [0.3, 0.4) is 0 Å². The number of fused-ring (bicyclic) bond motifs is 5. The van der Waals surface area contributed by atoms with E-state index in [1.165, 1.54) is 57.8 Å². The fourth-order valence-electron chi connectivity index (χ4n) is 9.46. The Kier molecular flexibility index (Phi) is 10.2. The number of ether oxygens (including phenoxy) is 1. The number of carboxylic acids is 1. The van der Waals surface area contributed by atoms with E-state index in [2.05, 4.69) is 40.7 Å². The normalized spacial score (nSPS) is 39.1. The molecule has 38 heavy (non-hydrogen) atoms. The summed E-state index contributed by atoms with van der Waals surface area (Å²) in [6.45, 7) is 13.0. The van der Waals surface area contributed by atoms with Crippen molar-refractivity contribution in [2.45, 2.75) is 118 Å². The molecular weight excluding hydrogens is 675 g/mol. The average Bonchev–Trinajstić information content (AvgIpc) is 3.20. The van der Waals surface area contributed by atoms with Gasteiger partial charge in [0.25, 0.3) is 0 Å². The Morgan fingerprint density at radius 2 is 1.87 bits per heavy atom. The van der Waals surface area contributed by atoms with E-state index >= 15 is 0 Å². The van der Waals surface area contributed by atoms with Crippen molar-refractivity contribution in [2.24, 2.45) is 46.3 Å². The second-order valence-electron chi connectivity index (χ2n) is 14.3. The summed E-state index contributed by atoms with van der Waals surface area (Å²) in [5, 5.41) is 8.91. The number of carbonyl (C=O) groups is 1. The summed E-state index contributed by atoms with van der Waals surface area (Å²) in [4.78, 5) is 10.8. The van der Waals surface area contributed by atoms with Crippen LogP contribution in [0.2, 0.25) is 0 Å². The standard InChI is InChI=1S/C32H54O4S.Pt/c1-22(2)7-6-8-23(3)27-11-12-28-26-10-9-24-21-25(36-18-20-37(35)19-15-30(33)34)13-16-31(24,4)29(26)14-17-32(27,28)5;/h9,22-23,25-29H,6-8,10-21H2,1-5H3,(H,33,34);/t23-,25+,26?,27-,28?,29?,31+,32-,37?;/m1./s1. The zero-order chi connectivity index (χ0) is 27.7. The molecule has 0 radical (unpaired) electrons. The Morgan fingerprint density at radius 3 is 2.58 bits per heavy atom. The van der Waals surface area contributed by atoms with Crippen LogP contribution in [0, 0.1) is 46.3 Å². The molecule has 0 aromatic heterocycles. The van der Waals surface area contributed by atoms with E-state index < -0.39 is 13.1 Å². The first-order valence-electron chi connectivity index (χ1n) is 15.6. The van der Waals surface area contributed by atoms with Gasteiger partial charge in [-0.1, -0.05) is 47.0 Å². The van der Waals surface area contributed by atoms with Crippen molar-refractivity contribution in [1.29, 1.82) is 0 Å². The minimum Gasteiger partial charge on any atom is -0.0591 e. The summed E-state index contributed by atoms with van der Waals surface area (Å²) < 4.78 is 18.9. The maximum absolute atomic E-state index is 12.7. The molecule has 4 unspecified atom stereocenters. The summed E-state index contributed by atoms with van der Waals surface area (Å²) in [5.74, 6) is 4.98. The van der Waals surface area contributed by atoms with Crippen molar-refractivity contribution in [1.82, 2.24) is 0 Å². The van der Waals surface area contributed by atoms with Crippen LogP contribution in [0.5, 0.6) is 0 Å². The van der Waals surface area contributed by atoms with Crippen molar-refractivity contribution in [3.8, 4) is 0 Å². The molecule has 4 rings (SSSR count). The molecule has 3 saturated carbocycles. The van der Waals surface area contributed by atoms with Crippen LogP contribution < -0.4 is 0 Å². The fraction of sp³-hybridized carbons (Fsp3) is 0.906. The molecule has 0 aromatic rings. The molecule has 4 nitrogen and oxygen atoms in total. The molecule has 9 atom stereocenters. The van der Waals surface area contributed by atoms with E-state index in [9.17, 15) is 9.00 Å². The van der Waals surface area contributed by atoms with Crippen LogP contribution in [0.15, 0.2) is 11.6 Å². The summed E-state index contributed by atoms with van der Waals surface area (Å²) in [6.07, 6.45) is 17.3. The first-order valence-corrected chi connectivity index (χ1v) is 20.1. The topological polar surface area (TPSA) is 63.6 Å². The van der Waals surface area contributed by atoms with Crippen LogP contribution in [0.1, 0.15) is 112 Å². The van der Waals surface area contributed by atoms with Crippen molar-refractivity contribution in [3.63, 3.8) is 0 Å². The van der Waals surface area contributed by atoms with Gasteiger partial charge in [-0.2, -0.15) is 0 Å². The van der Waals surface area contributed by atoms with E-state index in [4.69, 9.17) is 9.84 Å². The Morgan fingerprint density at radius 1 is 1.11 bits per heavy atom. The van der Waals surface area contributed by atoms with Gasteiger partial charge in [0.2, 0.25) is 0 Å². The Hall–Kier alpha value is 0.00831. The zero-order valence-electron chi connectivity index (χ0n) is 24.6. The second kappa shape index (κ2) is 12.5. The zero-order valence-corrected chi connectivity index (χ0v) is 27.7. The Labute approximate surface area is 242 Å². The molecule has 3 fully saturated rings. The van der Waals surface area contributed by atoms with E-state index in [-0.39, 0.29) is 18.3 Å². The number of rotatable bonds is 12. The van der Waals surface area contributed by atoms with Gasteiger partial charge in [-0.15, -0.1) is 0 Å². The summed E-state index contributed by atoms with van der Waals surface area (Å²) >= 11 is 1.94. The number of aliphatic carboxylic acids is 1. The van der Waals surface area contributed by atoms with Gasteiger partial charge in [-0.05, 0) is 24.2 Å². The molecule has 0 amide bonds. The average molecular weight is 730 g/mol. The predicted molar refractivity (Wildman–Crippen MR) is 153 cm³/mol. The Balaban J connectivity index is 1.35. The van der Waals surface area contributed by atoms with Gasteiger partial charge in [0.05, 0.1) is 0 Å². The van der Waals surface area contributed by atoms with E-state index in [0.717, 1.165) is 48.3 Å². The molecule has 0 aromatic carbocycles. The molecule has 0 bridgehead atoms. The first-order chi connectivity index (χ1) is 17.9. The number of hydrogen-bond donors (Lipinski definition) is 1. The number of hydrogen-bond acceptors (Lipinski definition) is 3. The van der Waals surface area contributed by atoms with Gasteiger partial charge >= 0.3 is 173 Å². The molecule has 0 heterocycles. The number of allylic oxidation sites excluding steroid dienone is 1. The fourth-order valence-corrected chi connectivity index (χ4v) is 11.7. The summed E-state index contributed by atoms with van der Waals surface area (Å²) in [5.41, 5.74) is 2.49. The van der Waals surface area contributed by atoms with Crippen molar-refractivity contribution >= 4 is 13.1 Å². The Bertz CT molecular complexity index is 974. The summed E-state index contributed by atoms with van der Waals surface area (Å²) in [6, 6.07) is 0. The summed E-state index contributed by atoms with van der Waals surface area (Å²) in [7, 11) is -2.16. The molecule has 222 valence electrons. The minimum atomic E-state index is -2.16. The van der Waals surface area contributed by atoms with E-state index in [1.807, 2.05) is 18.0 Å². The van der Waals surface area contributed by atoms with E-state index in [0.29, 0.717) is 23.2 Å². The van der Waals surface area contributed by atoms with Gasteiger partial charge in [0, 0.05) is 0 Å². The van der Waals surface area contributed by atoms with Crippen molar-refractivity contribution < 1.29 is 36.8 Å².